The van der Waals surface area contributed by atoms with Crippen LogP contribution in [0.5, 0.6) is 0 Å². The van der Waals surface area contributed by atoms with Gasteiger partial charge in [0.1, 0.15) is 0 Å². The number of benzene rings is 1. The first kappa shape index (κ1) is 12.7. The molecular formula is C16H22N2O. The van der Waals surface area contributed by atoms with Crippen molar-refractivity contribution in [3.63, 3.8) is 0 Å². The lowest BCUT2D eigenvalue weighted by Gasteiger charge is -2.21. The zero-order valence-electron chi connectivity index (χ0n) is 11.8. The summed E-state index contributed by atoms with van der Waals surface area (Å²) < 4.78 is 2.19. The van der Waals surface area contributed by atoms with Crippen molar-refractivity contribution in [2.45, 2.75) is 19.4 Å². The highest BCUT2D eigenvalue weighted by molar-refractivity contribution is 5.83. The van der Waals surface area contributed by atoms with E-state index in [1.54, 1.807) is 0 Å². The third-order valence-electron chi connectivity index (χ3n) is 4.32. The Morgan fingerprint density at radius 2 is 2.05 bits per heavy atom. The summed E-state index contributed by atoms with van der Waals surface area (Å²) >= 11 is 0. The first-order valence-electron chi connectivity index (χ1n) is 6.96. The fraction of sp³-hybridized carbons (Fsp3) is 0.500. The van der Waals surface area contributed by atoms with E-state index < -0.39 is 0 Å². The van der Waals surface area contributed by atoms with Crippen molar-refractivity contribution in [2.75, 3.05) is 20.2 Å². The molecule has 1 saturated carbocycles. The minimum Gasteiger partial charge on any atom is -0.396 e. The van der Waals surface area contributed by atoms with Crippen LogP contribution in [0.25, 0.3) is 10.9 Å². The Morgan fingerprint density at radius 3 is 2.74 bits per heavy atom. The number of aliphatic hydroxyl groups excluding tert-OH is 1. The summed E-state index contributed by atoms with van der Waals surface area (Å²) in [5, 5.41) is 10.8. The molecule has 1 fully saturated rings. The lowest BCUT2D eigenvalue weighted by Crippen LogP contribution is -2.28. The van der Waals surface area contributed by atoms with E-state index in [4.69, 9.17) is 0 Å². The summed E-state index contributed by atoms with van der Waals surface area (Å²) in [6.07, 6.45) is 4.56. The quantitative estimate of drug-likeness (QED) is 0.892. The van der Waals surface area contributed by atoms with Gasteiger partial charge in [-0.05, 0) is 31.5 Å². The van der Waals surface area contributed by atoms with Crippen molar-refractivity contribution in [2.24, 2.45) is 12.5 Å². The second-order valence-electron chi connectivity index (χ2n) is 6.11. The molecule has 0 bridgehead atoms. The summed E-state index contributed by atoms with van der Waals surface area (Å²) in [4.78, 5) is 2.34. The Bertz CT molecular complexity index is 583. The molecule has 102 valence electrons. The second-order valence-corrected chi connectivity index (χ2v) is 6.11. The van der Waals surface area contributed by atoms with Gasteiger partial charge in [0.15, 0.2) is 0 Å². The molecule has 1 aliphatic rings. The number of fused-ring (bicyclic) bond motifs is 1. The summed E-state index contributed by atoms with van der Waals surface area (Å²) in [7, 11) is 4.25. The van der Waals surface area contributed by atoms with Crippen LogP contribution in [0.3, 0.4) is 0 Å². The molecule has 1 aliphatic carbocycles. The molecule has 0 aliphatic heterocycles. The Labute approximate surface area is 114 Å². The number of hydrogen-bond acceptors (Lipinski definition) is 2. The molecule has 0 amide bonds. The van der Waals surface area contributed by atoms with Crippen molar-refractivity contribution in [3.05, 3.63) is 36.0 Å². The smallest absolute Gasteiger partial charge is 0.0499 e. The first-order valence-corrected chi connectivity index (χ1v) is 6.96. The SMILES string of the molecule is CN(Cc1cn(C)c2ccccc12)CC1(CO)CC1. The highest BCUT2D eigenvalue weighted by Gasteiger charge is 2.42. The topological polar surface area (TPSA) is 28.4 Å². The van der Waals surface area contributed by atoms with E-state index in [0.717, 1.165) is 13.1 Å². The van der Waals surface area contributed by atoms with Crippen LogP contribution in [0.2, 0.25) is 0 Å². The van der Waals surface area contributed by atoms with Gasteiger partial charge in [-0.2, -0.15) is 0 Å². The van der Waals surface area contributed by atoms with E-state index in [-0.39, 0.29) is 5.41 Å². The van der Waals surface area contributed by atoms with Crippen LogP contribution >= 0.6 is 0 Å². The number of aliphatic hydroxyl groups is 1. The zero-order chi connectivity index (χ0) is 13.5. The average Bonchev–Trinajstić information content (AvgIpc) is 3.11. The van der Waals surface area contributed by atoms with E-state index >= 15 is 0 Å². The molecule has 1 aromatic carbocycles. The summed E-state index contributed by atoms with van der Waals surface area (Å²) in [6, 6.07) is 8.54. The van der Waals surface area contributed by atoms with Crippen LogP contribution in [0.15, 0.2) is 30.5 Å². The van der Waals surface area contributed by atoms with E-state index in [2.05, 4.69) is 54.0 Å². The van der Waals surface area contributed by atoms with Crippen molar-refractivity contribution < 1.29 is 5.11 Å². The van der Waals surface area contributed by atoms with E-state index in [1.165, 1.54) is 29.3 Å². The van der Waals surface area contributed by atoms with Crippen molar-refractivity contribution in [1.29, 1.82) is 0 Å². The maximum atomic E-state index is 9.42. The molecule has 0 saturated heterocycles. The van der Waals surface area contributed by atoms with Gasteiger partial charge in [0.25, 0.3) is 0 Å². The minimum atomic E-state index is 0.194. The molecule has 1 heterocycles. The van der Waals surface area contributed by atoms with Crippen molar-refractivity contribution in [3.8, 4) is 0 Å². The number of rotatable bonds is 5. The second kappa shape index (κ2) is 4.66. The largest absolute Gasteiger partial charge is 0.396 e. The van der Waals surface area contributed by atoms with Crippen molar-refractivity contribution >= 4 is 10.9 Å². The molecule has 0 unspecified atom stereocenters. The van der Waals surface area contributed by atoms with Crippen LogP contribution in [0.4, 0.5) is 0 Å². The van der Waals surface area contributed by atoms with Crippen molar-refractivity contribution in [1.82, 2.24) is 9.47 Å². The summed E-state index contributed by atoms with van der Waals surface area (Å²) in [6.45, 7) is 2.27. The summed E-state index contributed by atoms with van der Waals surface area (Å²) in [5.74, 6) is 0. The predicted octanol–water partition coefficient (Wildman–Crippen LogP) is 2.38. The third kappa shape index (κ3) is 2.40. The Balaban J connectivity index is 1.78. The molecule has 19 heavy (non-hydrogen) atoms. The van der Waals surface area contributed by atoms with Gasteiger partial charge in [0.05, 0.1) is 0 Å². The monoisotopic (exact) mass is 258 g/mol. The Morgan fingerprint density at radius 1 is 1.32 bits per heavy atom. The van der Waals surface area contributed by atoms with Gasteiger partial charge >= 0.3 is 0 Å². The van der Waals surface area contributed by atoms with Gasteiger partial charge in [-0.1, -0.05) is 18.2 Å². The molecule has 0 atom stereocenters. The van der Waals surface area contributed by atoms with Gasteiger partial charge in [-0.15, -0.1) is 0 Å². The molecule has 2 aromatic rings. The standard InChI is InChI=1S/C16H22N2O/c1-17(11-16(12-19)7-8-16)9-13-10-18(2)15-6-4-3-5-14(13)15/h3-6,10,19H,7-9,11-12H2,1-2H3. The molecule has 3 nitrogen and oxygen atoms in total. The first-order chi connectivity index (χ1) is 9.13. The van der Waals surface area contributed by atoms with E-state index in [1.807, 2.05) is 0 Å². The van der Waals surface area contributed by atoms with Gasteiger partial charge in [0, 0.05) is 49.3 Å². The normalized spacial score (nSPS) is 17.3. The molecule has 0 spiro atoms. The van der Waals surface area contributed by atoms with Gasteiger partial charge in [-0.25, -0.2) is 0 Å². The van der Waals surface area contributed by atoms with Gasteiger partial charge in [-0.3, -0.25) is 0 Å². The molecule has 3 heteroatoms. The van der Waals surface area contributed by atoms with Gasteiger partial charge < -0.3 is 14.6 Å². The van der Waals surface area contributed by atoms with Crippen LogP contribution in [0, 0.1) is 5.41 Å². The fourth-order valence-corrected chi connectivity index (χ4v) is 3.01. The molecule has 3 rings (SSSR count). The number of para-hydroxylation sites is 1. The maximum Gasteiger partial charge on any atom is 0.0499 e. The molecule has 0 radical (unpaired) electrons. The zero-order valence-corrected chi connectivity index (χ0v) is 11.8. The predicted molar refractivity (Wildman–Crippen MR) is 78.0 cm³/mol. The highest BCUT2D eigenvalue weighted by atomic mass is 16.3. The number of hydrogen-bond donors (Lipinski definition) is 1. The molecule has 1 aromatic heterocycles. The van der Waals surface area contributed by atoms with Crippen LogP contribution in [0.1, 0.15) is 18.4 Å². The van der Waals surface area contributed by atoms with Crippen LogP contribution in [-0.2, 0) is 13.6 Å². The fourth-order valence-electron chi connectivity index (χ4n) is 3.01. The van der Waals surface area contributed by atoms with E-state index in [9.17, 15) is 5.11 Å². The van der Waals surface area contributed by atoms with Crippen LogP contribution < -0.4 is 0 Å². The number of aromatic nitrogens is 1. The lowest BCUT2D eigenvalue weighted by molar-refractivity contribution is 0.161. The average molecular weight is 258 g/mol. The highest BCUT2D eigenvalue weighted by Crippen LogP contribution is 2.45. The maximum absolute atomic E-state index is 9.42. The third-order valence-corrected chi connectivity index (χ3v) is 4.32. The minimum absolute atomic E-state index is 0.194. The molecular weight excluding hydrogens is 236 g/mol. The van der Waals surface area contributed by atoms with Crippen LogP contribution in [-0.4, -0.2) is 34.8 Å². The lowest BCUT2D eigenvalue weighted by atomic mass is 10.1. The molecule has 1 N–H and O–H groups in total. The number of aryl methyl sites for hydroxylation is 1. The summed E-state index contributed by atoms with van der Waals surface area (Å²) in [5.41, 5.74) is 2.85. The number of nitrogens with zero attached hydrogens (tertiary/aromatic N) is 2. The van der Waals surface area contributed by atoms with E-state index in [0.29, 0.717) is 6.61 Å². The Kier molecular flexibility index (Phi) is 3.11. The Hall–Kier alpha value is -1.32. The van der Waals surface area contributed by atoms with Gasteiger partial charge in [0.2, 0.25) is 0 Å².